The molecule has 2 atom stereocenters. The molecule has 0 bridgehead atoms. The first-order valence-corrected chi connectivity index (χ1v) is 8.21. The second kappa shape index (κ2) is 8.62. The van der Waals surface area contributed by atoms with E-state index >= 15 is 0 Å². The Morgan fingerprint density at radius 2 is 2.33 bits per heavy atom. The van der Waals surface area contributed by atoms with Crippen molar-refractivity contribution in [1.82, 2.24) is 10.6 Å². The number of rotatable bonds is 6. The van der Waals surface area contributed by atoms with E-state index in [4.69, 9.17) is 22.1 Å². The molecular formula is C16H23ClFN3O3. The van der Waals surface area contributed by atoms with Gasteiger partial charge < -0.3 is 25.8 Å². The zero-order valence-corrected chi connectivity index (χ0v) is 14.4. The lowest BCUT2D eigenvalue weighted by molar-refractivity contribution is -0.0105. The van der Waals surface area contributed by atoms with Gasteiger partial charge >= 0.3 is 6.09 Å². The molecule has 1 amide bonds. The van der Waals surface area contributed by atoms with Crippen LogP contribution in [0.4, 0.5) is 9.18 Å². The van der Waals surface area contributed by atoms with Gasteiger partial charge in [0.1, 0.15) is 11.9 Å². The molecule has 2 rings (SSSR count). The topological polar surface area (TPSA) is 85.6 Å². The third-order valence-electron chi connectivity index (χ3n) is 4.00. The number of nitrogens with one attached hydrogen (secondary N) is 2. The van der Waals surface area contributed by atoms with Gasteiger partial charge in [-0.1, -0.05) is 11.6 Å². The number of ether oxygens (including phenoxy) is 2. The quantitative estimate of drug-likeness (QED) is 0.676. The summed E-state index contributed by atoms with van der Waals surface area (Å²) in [6.07, 6.45) is 0.562. The lowest BCUT2D eigenvalue weighted by Crippen LogP contribution is -2.57. The summed E-state index contributed by atoms with van der Waals surface area (Å²) >= 11 is 5.97. The van der Waals surface area contributed by atoms with Crippen molar-refractivity contribution in [1.29, 1.82) is 0 Å². The maximum Gasteiger partial charge on any atom is 0.406 e. The molecule has 1 aromatic rings. The Bertz CT molecular complexity index is 547. The lowest BCUT2D eigenvalue weighted by Gasteiger charge is -2.40. The average Bonchev–Trinajstić information content (AvgIpc) is 2.54. The molecule has 6 nitrogen and oxygen atoms in total. The Kier molecular flexibility index (Phi) is 6.79. The van der Waals surface area contributed by atoms with Crippen LogP contribution in [0.3, 0.4) is 0 Å². The van der Waals surface area contributed by atoms with Gasteiger partial charge in [-0.05, 0) is 43.1 Å². The molecule has 8 heteroatoms. The summed E-state index contributed by atoms with van der Waals surface area (Å²) in [5, 5.41) is 6.08. The number of halogens is 2. The third kappa shape index (κ3) is 5.04. The molecule has 0 saturated carbocycles. The molecule has 1 fully saturated rings. The van der Waals surface area contributed by atoms with Crippen LogP contribution in [0.25, 0.3) is 0 Å². The van der Waals surface area contributed by atoms with E-state index in [1.807, 2.05) is 0 Å². The van der Waals surface area contributed by atoms with E-state index in [1.54, 1.807) is 6.07 Å². The van der Waals surface area contributed by atoms with E-state index < -0.39 is 23.6 Å². The summed E-state index contributed by atoms with van der Waals surface area (Å²) in [5.41, 5.74) is 6.45. The van der Waals surface area contributed by atoms with Gasteiger partial charge in [-0.3, -0.25) is 0 Å². The predicted molar refractivity (Wildman–Crippen MR) is 89.5 cm³/mol. The van der Waals surface area contributed by atoms with E-state index in [1.165, 1.54) is 19.2 Å². The standard InChI is InChI=1S/C16H23ClFN3O3/c1-23-15(22)21-5-6-24-14(16(19)3-2-4-20-10-16)11-7-12(17)9-13(18)8-11/h7-9,14,20H,2-6,10,19H2,1H3,(H,21,22). The third-order valence-corrected chi connectivity index (χ3v) is 4.22. The number of carbonyl (C=O) groups excluding carboxylic acids is 1. The number of nitrogens with two attached hydrogens (primary N) is 1. The van der Waals surface area contributed by atoms with E-state index in [0.29, 0.717) is 17.1 Å². The summed E-state index contributed by atoms with van der Waals surface area (Å²) in [7, 11) is 1.29. The van der Waals surface area contributed by atoms with Gasteiger partial charge in [-0.15, -0.1) is 0 Å². The van der Waals surface area contributed by atoms with Crippen LogP contribution in [0.5, 0.6) is 0 Å². The molecule has 0 radical (unpaired) electrons. The zero-order valence-electron chi connectivity index (χ0n) is 13.6. The van der Waals surface area contributed by atoms with Crippen molar-refractivity contribution in [3.8, 4) is 0 Å². The average molecular weight is 360 g/mol. The highest BCUT2D eigenvalue weighted by atomic mass is 35.5. The first kappa shape index (κ1) is 18.9. The molecule has 1 aliphatic rings. The van der Waals surface area contributed by atoms with Crippen LogP contribution < -0.4 is 16.4 Å². The van der Waals surface area contributed by atoms with Gasteiger partial charge in [0, 0.05) is 18.1 Å². The maximum atomic E-state index is 13.8. The van der Waals surface area contributed by atoms with E-state index in [2.05, 4.69) is 15.4 Å². The van der Waals surface area contributed by atoms with E-state index in [9.17, 15) is 9.18 Å². The predicted octanol–water partition coefficient (Wildman–Crippen LogP) is 1.97. The Balaban J connectivity index is 2.13. The molecular weight excluding hydrogens is 337 g/mol. The number of hydrogen-bond acceptors (Lipinski definition) is 5. The molecule has 1 saturated heterocycles. The van der Waals surface area contributed by atoms with Crippen molar-refractivity contribution < 1.29 is 18.7 Å². The van der Waals surface area contributed by atoms with Crippen LogP contribution in [-0.2, 0) is 9.47 Å². The second-order valence-electron chi connectivity index (χ2n) is 5.89. The SMILES string of the molecule is COC(=O)NCCOC(c1cc(F)cc(Cl)c1)C1(N)CCCNC1. The number of piperidine rings is 1. The van der Waals surface area contributed by atoms with Gasteiger partial charge in [0.05, 0.1) is 19.3 Å². The van der Waals surface area contributed by atoms with E-state index in [-0.39, 0.29) is 13.2 Å². The monoisotopic (exact) mass is 359 g/mol. The first-order chi connectivity index (χ1) is 11.4. The largest absolute Gasteiger partial charge is 0.453 e. The second-order valence-corrected chi connectivity index (χ2v) is 6.32. The van der Waals surface area contributed by atoms with Crippen LogP contribution in [0.2, 0.25) is 5.02 Å². The number of carbonyl (C=O) groups is 1. The van der Waals surface area contributed by atoms with Gasteiger partial charge in [0.2, 0.25) is 0 Å². The minimum Gasteiger partial charge on any atom is -0.453 e. The first-order valence-electron chi connectivity index (χ1n) is 7.83. The fraction of sp³-hybridized carbons (Fsp3) is 0.562. The highest BCUT2D eigenvalue weighted by Crippen LogP contribution is 2.34. The number of alkyl carbamates (subject to hydrolysis) is 1. The summed E-state index contributed by atoms with van der Waals surface area (Å²) in [6.45, 7) is 1.91. The van der Waals surface area contributed by atoms with Crippen molar-refractivity contribution in [2.75, 3.05) is 33.4 Å². The van der Waals surface area contributed by atoms with Crippen molar-refractivity contribution in [3.05, 3.63) is 34.6 Å². The molecule has 4 N–H and O–H groups in total. The van der Waals surface area contributed by atoms with Gasteiger partial charge in [0.15, 0.2) is 0 Å². The number of amides is 1. The smallest absolute Gasteiger partial charge is 0.406 e. The minimum absolute atomic E-state index is 0.215. The Hall–Kier alpha value is -1.41. The zero-order chi connectivity index (χ0) is 17.6. The molecule has 0 spiro atoms. The highest BCUT2D eigenvalue weighted by Gasteiger charge is 2.38. The Morgan fingerprint density at radius 3 is 2.96 bits per heavy atom. The van der Waals surface area contributed by atoms with Crippen molar-refractivity contribution in [2.45, 2.75) is 24.5 Å². The number of hydrogen-bond donors (Lipinski definition) is 3. The maximum absolute atomic E-state index is 13.8. The molecule has 134 valence electrons. The fourth-order valence-electron chi connectivity index (χ4n) is 2.90. The molecule has 24 heavy (non-hydrogen) atoms. The van der Waals surface area contributed by atoms with E-state index in [0.717, 1.165) is 19.4 Å². The highest BCUT2D eigenvalue weighted by molar-refractivity contribution is 6.30. The molecule has 0 aromatic heterocycles. The molecule has 1 heterocycles. The summed E-state index contributed by atoms with van der Waals surface area (Å²) in [6, 6.07) is 4.28. The van der Waals surface area contributed by atoms with Crippen LogP contribution in [0.1, 0.15) is 24.5 Å². The van der Waals surface area contributed by atoms with Gasteiger partial charge in [-0.25, -0.2) is 9.18 Å². The lowest BCUT2D eigenvalue weighted by atomic mass is 9.82. The van der Waals surface area contributed by atoms with Crippen LogP contribution in [-0.4, -0.2) is 45.0 Å². The van der Waals surface area contributed by atoms with Gasteiger partial charge in [0.25, 0.3) is 0 Å². The molecule has 2 unspecified atom stereocenters. The minimum atomic E-state index is -0.680. The molecule has 0 aliphatic carbocycles. The Labute approximate surface area is 145 Å². The fourth-order valence-corrected chi connectivity index (χ4v) is 3.13. The van der Waals surface area contributed by atoms with Crippen LogP contribution in [0.15, 0.2) is 18.2 Å². The molecule has 1 aromatic carbocycles. The van der Waals surface area contributed by atoms with Crippen molar-refractivity contribution >= 4 is 17.7 Å². The summed E-state index contributed by atoms with van der Waals surface area (Å²) in [4.78, 5) is 11.1. The Morgan fingerprint density at radius 1 is 1.54 bits per heavy atom. The summed E-state index contributed by atoms with van der Waals surface area (Å²) in [5.74, 6) is -0.439. The normalized spacial score (nSPS) is 22.0. The van der Waals surface area contributed by atoms with Crippen molar-refractivity contribution in [3.63, 3.8) is 0 Å². The molecule has 1 aliphatic heterocycles. The van der Waals surface area contributed by atoms with Crippen LogP contribution in [0, 0.1) is 5.82 Å². The number of benzene rings is 1. The van der Waals surface area contributed by atoms with Crippen LogP contribution >= 0.6 is 11.6 Å². The van der Waals surface area contributed by atoms with Gasteiger partial charge in [-0.2, -0.15) is 0 Å². The van der Waals surface area contributed by atoms with Crippen molar-refractivity contribution in [2.24, 2.45) is 5.73 Å². The summed E-state index contributed by atoms with van der Waals surface area (Å²) < 4.78 is 24.2. The number of methoxy groups -OCH3 is 1.